The fourth-order valence-corrected chi connectivity index (χ4v) is 6.16. The lowest BCUT2D eigenvalue weighted by atomic mass is 9.97. The zero-order valence-electron chi connectivity index (χ0n) is 19.4. The van der Waals surface area contributed by atoms with Crippen LogP contribution in [0.15, 0.2) is 47.4 Å². The summed E-state index contributed by atoms with van der Waals surface area (Å²) in [5.74, 6) is 0.0678. The van der Waals surface area contributed by atoms with Crippen molar-refractivity contribution in [3.8, 4) is 11.5 Å². The standard InChI is InChI=1S/C24H30FN3O5S/c1-32-22-10-9-19(16-23(22)33-2)34(30,31)28-11-5-6-18(17-28)24(29)27-14-12-26(13-15-27)21-8-4-3-7-20(21)25/h3-4,7-10,16,18H,5-6,11-15,17H2,1-2H3/t18-/m0/s1. The maximum absolute atomic E-state index is 14.1. The van der Waals surface area contributed by atoms with Gasteiger partial charge in [0.15, 0.2) is 11.5 Å². The number of anilines is 1. The van der Waals surface area contributed by atoms with E-state index in [1.54, 1.807) is 29.2 Å². The van der Waals surface area contributed by atoms with Gasteiger partial charge in [0.2, 0.25) is 15.9 Å². The van der Waals surface area contributed by atoms with Gasteiger partial charge in [0.1, 0.15) is 5.82 Å². The summed E-state index contributed by atoms with van der Waals surface area (Å²) in [6.07, 6.45) is 1.25. The third kappa shape index (κ3) is 4.83. The minimum Gasteiger partial charge on any atom is -0.493 e. The molecule has 2 aliphatic rings. The number of nitrogens with zero attached hydrogens (tertiary/aromatic N) is 3. The van der Waals surface area contributed by atoms with Crippen molar-refractivity contribution >= 4 is 21.6 Å². The largest absolute Gasteiger partial charge is 0.493 e. The van der Waals surface area contributed by atoms with E-state index in [-0.39, 0.29) is 23.2 Å². The number of sulfonamides is 1. The van der Waals surface area contributed by atoms with E-state index in [1.807, 2.05) is 4.90 Å². The molecule has 34 heavy (non-hydrogen) atoms. The Labute approximate surface area is 199 Å². The first-order chi connectivity index (χ1) is 16.3. The summed E-state index contributed by atoms with van der Waals surface area (Å²) in [4.78, 5) is 17.1. The maximum Gasteiger partial charge on any atom is 0.243 e. The Morgan fingerprint density at radius 2 is 1.68 bits per heavy atom. The number of piperazine rings is 1. The van der Waals surface area contributed by atoms with Crippen molar-refractivity contribution < 1.29 is 27.1 Å². The molecule has 0 radical (unpaired) electrons. The Bertz CT molecular complexity index is 1140. The van der Waals surface area contributed by atoms with Gasteiger partial charge in [0.05, 0.1) is 30.7 Å². The molecule has 1 atom stereocenters. The Balaban J connectivity index is 1.42. The number of amides is 1. The van der Waals surface area contributed by atoms with E-state index in [1.165, 1.54) is 36.7 Å². The van der Waals surface area contributed by atoms with Gasteiger partial charge in [-0.05, 0) is 37.1 Å². The smallest absolute Gasteiger partial charge is 0.243 e. The Morgan fingerprint density at radius 3 is 2.35 bits per heavy atom. The Morgan fingerprint density at radius 1 is 0.971 bits per heavy atom. The average Bonchev–Trinajstić information content (AvgIpc) is 2.88. The van der Waals surface area contributed by atoms with Gasteiger partial charge in [-0.15, -0.1) is 0 Å². The van der Waals surface area contributed by atoms with Crippen LogP contribution in [0.4, 0.5) is 10.1 Å². The van der Waals surface area contributed by atoms with Crippen LogP contribution in [0, 0.1) is 11.7 Å². The lowest BCUT2D eigenvalue weighted by molar-refractivity contribution is -0.137. The highest BCUT2D eigenvalue weighted by molar-refractivity contribution is 7.89. The van der Waals surface area contributed by atoms with Crippen LogP contribution in [0.3, 0.4) is 0 Å². The van der Waals surface area contributed by atoms with Crippen molar-refractivity contribution in [1.29, 1.82) is 0 Å². The van der Waals surface area contributed by atoms with E-state index in [9.17, 15) is 17.6 Å². The molecule has 0 spiro atoms. The molecule has 0 saturated carbocycles. The quantitative estimate of drug-likeness (QED) is 0.618. The number of para-hydroxylation sites is 1. The number of benzene rings is 2. The van der Waals surface area contributed by atoms with Gasteiger partial charge in [-0.25, -0.2) is 12.8 Å². The van der Waals surface area contributed by atoms with E-state index >= 15 is 0 Å². The first-order valence-corrected chi connectivity index (χ1v) is 12.8. The van der Waals surface area contributed by atoms with Crippen LogP contribution in [0.2, 0.25) is 0 Å². The molecular formula is C24H30FN3O5S. The highest BCUT2D eigenvalue weighted by Gasteiger charge is 2.36. The van der Waals surface area contributed by atoms with Gasteiger partial charge in [-0.2, -0.15) is 4.31 Å². The lowest BCUT2D eigenvalue weighted by Crippen LogP contribution is -2.53. The number of rotatable bonds is 6. The summed E-state index contributed by atoms with van der Waals surface area (Å²) >= 11 is 0. The molecule has 2 aromatic rings. The number of methoxy groups -OCH3 is 2. The Kier molecular flexibility index (Phi) is 7.27. The van der Waals surface area contributed by atoms with Gasteiger partial charge in [-0.3, -0.25) is 4.79 Å². The summed E-state index contributed by atoms with van der Waals surface area (Å²) in [6, 6.07) is 11.1. The maximum atomic E-state index is 14.1. The van der Waals surface area contributed by atoms with Crippen molar-refractivity contribution in [1.82, 2.24) is 9.21 Å². The van der Waals surface area contributed by atoms with Crippen molar-refractivity contribution in [2.75, 3.05) is 58.4 Å². The van der Waals surface area contributed by atoms with E-state index in [2.05, 4.69) is 0 Å². The van der Waals surface area contributed by atoms with Crippen molar-refractivity contribution in [2.24, 2.45) is 5.92 Å². The fraction of sp³-hybridized carbons (Fsp3) is 0.458. The second kappa shape index (κ2) is 10.2. The normalized spacial score (nSPS) is 19.7. The number of carbonyl (C=O) groups is 1. The molecule has 184 valence electrons. The second-order valence-corrected chi connectivity index (χ2v) is 10.4. The molecule has 1 amide bonds. The third-order valence-electron chi connectivity index (χ3n) is 6.51. The highest BCUT2D eigenvalue weighted by Crippen LogP contribution is 2.32. The number of ether oxygens (including phenoxy) is 2. The number of hydrogen-bond donors (Lipinski definition) is 0. The van der Waals surface area contributed by atoms with Crippen molar-refractivity contribution in [3.63, 3.8) is 0 Å². The molecule has 0 unspecified atom stereocenters. The first-order valence-electron chi connectivity index (χ1n) is 11.4. The molecule has 0 N–H and O–H groups in total. The highest BCUT2D eigenvalue weighted by atomic mass is 32.2. The monoisotopic (exact) mass is 491 g/mol. The minimum absolute atomic E-state index is 0.0413. The van der Waals surface area contributed by atoms with Crippen molar-refractivity contribution in [3.05, 3.63) is 48.3 Å². The topological polar surface area (TPSA) is 79.4 Å². The van der Waals surface area contributed by atoms with Gasteiger partial charge in [-0.1, -0.05) is 12.1 Å². The molecule has 2 aromatic carbocycles. The van der Waals surface area contributed by atoms with Gasteiger partial charge in [0, 0.05) is 45.3 Å². The number of halogens is 1. The molecule has 2 aliphatic heterocycles. The molecule has 2 heterocycles. The van der Waals surface area contributed by atoms with E-state index in [0.717, 1.165) is 0 Å². The number of piperidine rings is 1. The average molecular weight is 492 g/mol. The van der Waals surface area contributed by atoms with E-state index in [4.69, 9.17) is 9.47 Å². The van der Waals surface area contributed by atoms with Crippen LogP contribution in [-0.2, 0) is 14.8 Å². The van der Waals surface area contributed by atoms with Crippen LogP contribution in [0.1, 0.15) is 12.8 Å². The molecule has 10 heteroatoms. The summed E-state index contributed by atoms with van der Waals surface area (Å²) in [7, 11) is -0.846. The van der Waals surface area contributed by atoms with Crippen LogP contribution >= 0.6 is 0 Å². The summed E-state index contributed by atoms with van der Waals surface area (Å²) < 4.78 is 52.5. The molecule has 8 nitrogen and oxygen atoms in total. The third-order valence-corrected chi connectivity index (χ3v) is 8.37. The van der Waals surface area contributed by atoms with E-state index in [0.29, 0.717) is 62.8 Å². The van der Waals surface area contributed by atoms with Gasteiger partial charge in [0.25, 0.3) is 0 Å². The molecule has 0 aliphatic carbocycles. The van der Waals surface area contributed by atoms with Crippen molar-refractivity contribution in [2.45, 2.75) is 17.7 Å². The van der Waals surface area contributed by atoms with Crippen LogP contribution in [0.5, 0.6) is 11.5 Å². The van der Waals surface area contributed by atoms with E-state index < -0.39 is 15.9 Å². The summed E-state index contributed by atoms with van der Waals surface area (Å²) in [5.41, 5.74) is 0.541. The zero-order chi connectivity index (χ0) is 24.3. The minimum atomic E-state index is -3.79. The van der Waals surface area contributed by atoms with Gasteiger partial charge >= 0.3 is 0 Å². The predicted octanol–water partition coefficient (Wildman–Crippen LogP) is 2.59. The lowest BCUT2D eigenvalue weighted by Gasteiger charge is -2.39. The molecular weight excluding hydrogens is 461 g/mol. The number of hydrogen-bond acceptors (Lipinski definition) is 6. The molecule has 2 fully saturated rings. The Hall–Kier alpha value is -2.85. The first kappa shape index (κ1) is 24.3. The second-order valence-electron chi connectivity index (χ2n) is 8.48. The van der Waals surface area contributed by atoms with Crippen LogP contribution in [0.25, 0.3) is 0 Å². The van der Waals surface area contributed by atoms with Crippen LogP contribution < -0.4 is 14.4 Å². The SMILES string of the molecule is COc1ccc(S(=O)(=O)N2CCC[C@H](C(=O)N3CCN(c4ccccc4F)CC3)C2)cc1OC. The molecule has 0 bridgehead atoms. The van der Waals surface area contributed by atoms with Crippen LogP contribution in [-0.4, -0.2) is 77.0 Å². The van der Waals surface area contributed by atoms with Gasteiger partial charge < -0.3 is 19.3 Å². The molecule has 4 rings (SSSR count). The summed E-state index contributed by atoms with van der Waals surface area (Å²) in [6.45, 7) is 2.53. The number of carbonyl (C=O) groups excluding carboxylic acids is 1. The zero-order valence-corrected chi connectivity index (χ0v) is 20.3. The fourth-order valence-electron chi connectivity index (χ4n) is 4.62. The molecule has 0 aromatic heterocycles. The molecule has 2 saturated heterocycles. The summed E-state index contributed by atoms with van der Waals surface area (Å²) in [5, 5.41) is 0. The predicted molar refractivity (Wildman–Crippen MR) is 126 cm³/mol.